The summed E-state index contributed by atoms with van der Waals surface area (Å²) in [4.78, 5) is 31.4. The molecule has 2 fully saturated rings. The van der Waals surface area contributed by atoms with Crippen molar-refractivity contribution >= 4 is 28.5 Å². The number of nitrogens with one attached hydrogen (secondary N) is 1. The molecule has 0 radical (unpaired) electrons. The minimum absolute atomic E-state index is 0.00904. The largest absolute Gasteiger partial charge is 0.481 e. The summed E-state index contributed by atoms with van der Waals surface area (Å²) >= 11 is 1.51. The first-order valence-corrected chi connectivity index (χ1v) is 11.1. The van der Waals surface area contributed by atoms with Gasteiger partial charge in [-0.05, 0) is 57.8 Å². The van der Waals surface area contributed by atoms with Crippen molar-refractivity contribution in [3.8, 4) is 0 Å². The summed E-state index contributed by atoms with van der Waals surface area (Å²) in [7, 11) is 0. The highest BCUT2D eigenvalue weighted by Gasteiger charge is 2.34. The Kier molecular flexibility index (Phi) is 7.10. The summed E-state index contributed by atoms with van der Waals surface area (Å²) in [5.74, 6) is -0.227. The lowest BCUT2D eigenvalue weighted by Crippen LogP contribution is -2.51. The van der Waals surface area contributed by atoms with Crippen LogP contribution in [-0.4, -0.2) is 39.1 Å². The van der Waals surface area contributed by atoms with Crippen molar-refractivity contribution in [2.45, 2.75) is 89.6 Å². The zero-order chi connectivity index (χ0) is 19.2. The number of rotatable bonds is 6. The molecule has 6 nitrogen and oxygen atoms in total. The quantitative estimate of drug-likeness (QED) is 0.709. The Labute approximate surface area is 165 Å². The zero-order valence-corrected chi connectivity index (χ0v) is 17.0. The van der Waals surface area contributed by atoms with E-state index in [1.54, 1.807) is 6.20 Å². The van der Waals surface area contributed by atoms with Crippen LogP contribution in [-0.2, 0) is 4.79 Å². The van der Waals surface area contributed by atoms with Gasteiger partial charge in [-0.15, -0.1) is 11.3 Å². The molecule has 0 saturated heterocycles. The van der Waals surface area contributed by atoms with Crippen molar-refractivity contribution in [2.24, 2.45) is 5.92 Å². The lowest BCUT2D eigenvalue weighted by Gasteiger charge is -2.42. The number of aliphatic carboxylic acids is 1. The molecule has 3 rings (SSSR count). The second kappa shape index (κ2) is 9.53. The van der Waals surface area contributed by atoms with Gasteiger partial charge in [0, 0.05) is 29.6 Å². The molecule has 2 amide bonds. The van der Waals surface area contributed by atoms with Crippen LogP contribution in [0.3, 0.4) is 0 Å². The van der Waals surface area contributed by atoms with Gasteiger partial charge in [0.25, 0.3) is 0 Å². The molecule has 27 heavy (non-hydrogen) atoms. The maximum absolute atomic E-state index is 13.1. The Hall–Kier alpha value is -1.63. The van der Waals surface area contributed by atoms with E-state index < -0.39 is 5.97 Å². The average molecular weight is 394 g/mol. The second-order valence-electron chi connectivity index (χ2n) is 8.01. The maximum atomic E-state index is 13.1. The maximum Gasteiger partial charge on any atom is 0.324 e. The molecule has 2 saturated carbocycles. The van der Waals surface area contributed by atoms with Crippen molar-refractivity contribution in [1.29, 1.82) is 0 Å². The number of carboxylic acids is 1. The number of thiazole rings is 1. The zero-order valence-electron chi connectivity index (χ0n) is 16.2. The van der Waals surface area contributed by atoms with E-state index in [9.17, 15) is 9.59 Å². The van der Waals surface area contributed by atoms with Gasteiger partial charge in [-0.1, -0.05) is 19.3 Å². The summed E-state index contributed by atoms with van der Waals surface area (Å²) < 4.78 is 0. The first-order valence-electron chi connectivity index (χ1n) is 10.3. The number of nitrogens with zero attached hydrogens (tertiary/aromatic N) is 2. The van der Waals surface area contributed by atoms with Crippen LogP contribution < -0.4 is 5.32 Å². The summed E-state index contributed by atoms with van der Waals surface area (Å²) in [6, 6.07) is 0.570. The van der Waals surface area contributed by atoms with Crippen LogP contribution in [0.2, 0.25) is 0 Å². The molecule has 7 heteroatoms. The van der Waals surface area contributed by atoms with Crippen LogP contribution in [0.5, 0.6) is 0 Å². The lowest BCUT2D eigenvalue weighted by atomic mass is 9.81. The summed E-state index contributed by atoms with van der Waals surface area (Å²) in [6.07, 6.45) is 12.6. The van der Waals surface area contributed by atoms with Crippen LogP contribution >= 0.6 is 11.3 Å². The first kappa shape index (κ1) is 20.1. The number of aromatic nitrogens is 1. The van der Waals surface area contributed by atoms with E-state index in [2.05, 4.69) is 15.2 Å². The highest BCUT2D eigenvalue weighted by atomic mass is 32.1. The predicted octanol–water partition coefficient (Wildman–Crippen LogP) is 5.04. The van der Waals surface area contributed by atoms with Crippen LogP contribution in [0.1, 0.15) is 75.5 Å². The van der Waals surface area contributed by atoms with E-state index >= 15 is 0 Å². The summed E-state index contributed by atoms with van der Waals surface area (Å²) in [5, 5.41) is 12.6. The number of amides is 2. The van der Waals surface area contributed by atoms with Gasteiger partial charge in [-0.3, -0.25) is 10.1 Å². The van der Waals surface area contributed by atoms with Crippen molar-refractivity contribution in [2.75, 3.05) is 5.32 Å². The van der Waals surface area contributed by atoms with E-state index in [0.717, 1.165) is 49.8 Å². The van der Waals surface area contributed by atoms with Gasteiger partial charge in [0.1, 0.15) is 0 Å². The molecule has 150 valence electrons. The topological polar surface area (TPSA) is 82.5 Å². The number of carbonyl (C=O) groups is 2. The Bertz CT molecular complexity index is 634. The highest BCUT2D eigenvalue weighted by molar-refractivity contribution is 7.15. The molecule has 0 unspecified atom stereocenters. The third kappa shape index (κ3) is 5.67. The monoisotopic (exact) mass is 393 g/mol. The van der Waals surface area contributed by atoms with Crippen LogP contribution in [0.25, 0.3) is 0 Å². The molecule has 1 aromatic rings. The smallest absolute Gasteiger partial charge is 0.324 e. The Morgan fingerprint density at radius 2 is 1.81 bits per heavy atom. The van der Waals surface area contributed by atoms with Crippen LogP contribution in [0, 0.1) is 12.8 Å². The number of anilines is 1. The highest BCUT2D eigenvalue weighted by Crippen LogP contribution is 2.34. The Balaban J connectivity index is 1.63. The van der Waals surface area contributed by atoms with Crippen LogP contribution in [0.4, 0.5) is 9.93 Å². The molecule has 0 spiro atoms. The fourth-order valence-corrected chi connectivity index (χ4v) is 5.25. The summed E-state index contributed by atoms with van der Waals surface area (Å²) in [6.45, 7) is 1.99. The number of hydrogen-bond donors (Lipinski definition) is 2. The second-order valence-corrected chi connectivity index (χ2v) is 9.25. The van der Waals surface area contributed by atoms with Gasteiger partial charge in [0.15, 0.2) is 5.13 Å². The fourth-order valence-electron chi connectivity index (χ4n) is 4.60. The molecule has 2 aliphatic rings. The van der Waals surface area contributed by atoms with Crippen molar-refractivity contribution in [3.63, 3.8) is 0 Å². The molecule has 0 aromatic carbocycles. The number of hydrogen-bond acceptors (Lipinski definition) is 4. The van der Waals surface area contributed by atoms with Crippen LogP contribution in [0.15, 0.2) is 6.20 Å². The van der Waals surface area contributed by atoms with Gasteiger partial charge < -0.3 is 10.0 Å². The van der Waals surface area contributed by atoms with Crippen molar-refractivity contribution < 1.29 is 14.7 Å². The molecule has 0 bridgehead atoms. The Morgan fingerprint density at radius 1 is 1.15 bits per heavy atom. The molecule has 2 N–H and O–H groups in total. The third-order valence-corrected chi connectivity index (χ3v) is 6.84. The van der Waals surface area contributed by atoms with E-state index in [1.165, 1.54) is 30.6 Å². The van der Waals surface area contributed by atoms with Crippen molar-refractivity contribution in [3.05, 3.63) is 11.1 Å². The van der Waals surface area contributed by atoms with Gasteiger partial charge in [0.2, 0.25) is 0 Å². The number of aryl methyl sites for hydroxylation is 1. The lowest BCUT2D eigenvalue weighted by molar-refractivity contribution is -0.137. The molecule has 2 aliphatic carbocycles. The van der Waals surface area contributed by atoms with E-state index in [1.807, 2.05) is 6.92 Å². The molecule has 0 aliphatic heterocycles. The van der Waals surface area contributed by atoms with Gasteiger partial charge in [-0.2, -0.15) is 0 Å². The summed E-state index contributed by atoms with van der Waals surface area (Å²) in [5.41, 5.74) is 0. The van der Waals surface area contributed by atoms with E-state index in [0.29, 0.717) is 17.1 Å². The fraction of sp³-hybridized carbons (Fsp3) is 0.750. The normalized spacial score (nSPS) is 23.7. The molecule has 1 heterocycles. The van der Waals surface area contributed by atoms with Gasteiger partial charge in [0.05, 0.1) is 0 Å². The van der Waals surface area contributed by atoms with Gasteiger partial charge in [-0.25, -0.2) is 9.78 Å². The standard InChI is InChI=1S/C20H31N3O3S/c1-14-13-21-19(27-14)22-20(26)23(16-5-3-2-4-6-16)17-10-7-15(8-11-17)9-12-18(24)25/h13,15-17H,2-12H2,1H3,(H,24,25)(H,21,22,26). The first-order chi connectivity index (χ1) is 13.0. The number of urea groups is 1. The SMILES string of the molecule is Cc1cnc(NC(=O)N(C2CCCCC2)C2CCC(CCC(=O)O)CC2)s1. The minimum Gasteiger partial charge on any atom is -0.481 e. The van der Waals surface area contributed by atoms with E-state index in [4.69, 9.17) is 5.11 Å². The van der Waals surface area contributed by atoms with Crippen molar-refractivity contribution in [1.82, 2.24) is 9.88 Å². The molecular weight excluding hydrogens is 362 g/mol. The van der Waals surface area contributed by atoms with E-state index in [-0.39, 0.29) is 18.5 Å². The molecule has 0 atom stereocenters. The third-order valence-electron chi connectivity index (χ3n) is 6.01. The number of carboxylic acid groups (broad SMARTS) is 1. The van der Waals surface area contributed by atoms with Gasteiger partial charge >= 0.3 is 12.0 Å². The molecule has 1 aromatic heterocycles. The predicted molar refractivity (Wildman–Crippen MR) is 107 cm³/mol. The average Bonchev–Trinajstić information content (AvgIpc) is 3.07. The molecular formula is C20H31N3O3S. The Morgan fingerprint density at radius 3 is 2.41 bits per heavy atom. The minimum atomic E-state index is -0.709. The number of carbonyl (C=O) groups excluding carboxylic acids is 1.